The van der Waals surface area contributed by atoms with Crippen molar-refractivity contribution >= 4 is 28.8 Å². The average molecular weight is 241 g/mol. The molecule has 0 aromatic rings. The molecule has 5 heteroatoms. The zero-order valence-corrected chi connectivity index (χ0v) is 11.7. The fourth-order valence-electron chi connectivity index (χ4n) is 0.818. The summed E-state index contributed by atoms with van der Waals surface area (Å²) in [5, 5.41) is 3.10. The van der Waals surface area contributed by atoms with E-state index in [1.807, 2.05) is 20.8 Å². The molecule has 2 nitrogen and oxygen atoms in total. The summed E-state index contributed by atoms with van der Waals surface area (Å²) in [5.74, 6) is 0. The van der Waals surface area contributed by atoms with E-state index in [9.17, 15) is 4.89 Å². The summed E-state index contributed by atoms with van der Waals surface area (Å²) in [6.07, 6.45) is 0. The van der Waals surface area contributed by atoms with Gasteiger partial charge in [-0.25, -0.2) is 0 Å². The lowest BCUT2D eigenvalue weighted by atomic mass is 10.1. The molecule has 0 amide bonds. The first-order valence-electron chi connectivity index (χ1n) is 4.24. The topological polar surface area (TPSA) is 32.3 Å². The van der Waals surface area contributed by atoms with E-state index in [0.29, 0.717) is 0 Å². The summed E-state index contributed by atoms with van der Waals surface area (Å²) in [6, 6.07) is 0. The van der Waals surface area contributed by atoms with Gasteiger partial charge in [-0.1, -0.05) is 32.2 Å². The molecule has 0 rings (SSSR count). The van der Waals surface area contributed by atoms with Gasteiger partial charge in [0.05, 0.1) is 0 Å². The molecule has 0 fully saturated rings. The normalized spacial score (nSPS) is 18.4. The molecule has 0 bridgehead atoms. The molecule has 13 heavy (non-hydrogen) atoms. The molecule has 0 aromatic heterocycles. The smallest absolute Gasteiger partial charge is 0.184 e. The summed E-state index contributed by atoms with van der Waals surface area (Å²) in [5.41, 5.74) is -2.56. The Balaban J connectivity index is 4.35. The number of hydrogen-bond donors (Lipinski definition) is 2. The lowest BCUT2D eigenvalue weighted by Gasteiger charge is -2.31. The quantitative estimate of drug-likeness (QED) is 0.728. The van der Waals surface area contributed by atoms with Crippen molar-refractivity contribution in [2.45, 2.75) is 51.8 Å². The van der Waals surface area contributed by atoms with Gasteiger partial charge in [0.25, 0.3) is 0 Å². The van der Waals surface area contributed by atoms with Crippen molar-refractivity contribution in [3.8, 4) is 0 Å². The molecule has 2 N–H and O–H groups in total. The number of nitrogens with one attached hydrogen (secondary N) is 1. The zero-order valence-electron chi connectivity index (χ0n) is 9.21. The summed E-state index contributed by atoms with van der Waals surface area (Å²) < 4.78 is 0.00251. The molecule has 1 unspecified atom stereocenters. The molecular weight excluding hydrogens is 221 g/mol. The molecule has 0 aliphatic carbocycles. The second-order valence-corrected chi connectivity index (χ2v) is 12.2. The minimum absolute atomic E-state index is 0.00251. The highest BCUT2D eigenvalue weighted by molar-refractivity contribution is 8.69. The van der Waals surface area contributed by atoms with Gasteiger partial charge in [-0.2, -0.15) is 0 Å². The Morgan fingerprint density at radius 2 is 1.54 bits per heavy atom. The van der Waals surface area contributed by atoms with Crippen molar-refractivity contribution in [2.75, 3.05) is 0 Å². The van der Waals surface area contributed by atoms with E-state index in [2.05, 4.69) is 25.9 Å². The SMILES string of the molecule is CC(C)(C)NP(O)(=S)SC(C)(C)C. The van der Waals surface area contributed by atoms with Crippen LogP contribution < -0.4 is 5.09 Å². The van der Waals surface area contributed by atoms with Crippen molar-refractivity contribution in [1.29, 1.82) is 0 Å². The van der Waals surface area contributed by atoms with E-state index in [-0.39, 0.29) is 10.3 Å². The van der Waals surface area contributed by atoms with Gasteiger partial charge in [-0.05, 0) is 32.6 Å². The van der Waals surface area contributed by atoms with Gasteiger partial charge in [-0.3, -0.25) is 5.09 Å². The third-order valence-electron chi connectivity index (χ3n) is 0.874. The summed E-state index contributed by atoms with van der Waals surface area (Å²) >= 11 is 6.61. The lowest BCUT2D eigenvalue weighted by Crippen LogP contribution is -2.32. The van der Waals surface area contributed by atoms with Crippen LogP contribution in [0.25, 0.3) is 0 Å². The van der Waals surface area contributed by atoms with Gasteiger partial charge >= 0.3 is 0 Å². The maximum absolute atomic E-state index is 9.96. The number of hydrogen-bond acceptors (Lipinski definition) is 2. The predicted octanol–water partition coefficient (Wildman–Crippen LogP) is 3.12. The van der Waals surface area contributed by atoms with Crippen molar-refractivity contribution in [2.24, 2.45) is 0 Å². The third kappa shape index (κ3) is 9.23. The molecule has 0 aliphatic rings. The van der Waals surface area contributed by atoms with E-state index < -0.39 is 5.62 Å². The molecule has 0 saturated heterocycles. The largest absolute Gasteiger partial charge is 0.346 e. The summed E-state index contributed by atoms with van der Waals surface area (Å²) in [4.78, 5) is 9.96. The summed E-state index contributed by atoms with van der Waals surface area (Å²) in [7, 11) is 0. The second-order valence-electron chi connectivity index (χ2n) is 5.09. The average Bonchev–Trinajstić information content (AvgIpc) is 1.43. The fraction of sp³-hybridized carbons (Fsp3) is 1.00. The van der Waals surface area contributed by atoms with Crippen molar-refractivity contribution < 1.29 is 4.89 Å². The van der Waals surface area contributed by atoms with Crippen LogP contribution >= 0.6 is 17.0 Å². The molecule has 0 saturated carbocycles. The maximum Gasteiger partial charge on any atom is 0.184 e. The van der Waals surface area contributed by atoms with Crippen LogP contribution in [-0.4, -0.2) is 15.2 Å². The van der Waals surface area contributed by atoms with Gasteiger partial charge in [0.2, 0.25) is 0 Å². The van der Waals surface area contributed by atoms with Crippen LogP contribution in [-0.2, 0) is 11.8 Å². The van der Waals surface area contributed by atoms with E-state index in [1.54, 1.807) is 0 Å². The predicted molar refractivity (Wildman–Crippen MR) is 66.7 cm³/mol. The van der Waals surface area contributed by atoms with Crippen LogP contribution in [0.1, 0.15) is 41.5 Å². The zero-order chi connectivity index (χ0) is 10.9. The highest BCUT2D eigenvalue weighted by Crippen LogP contribution is 2.58. The molecule has 0 heterocycles. The number of rotatable bonds is 2. The first-order valence-corrected chi connectivity index (χ1v) is 8.42. The van der Waals surface area contributed by atoms with E-state index in [1.165, 1.54) is 11.4 Å². The second kappa shape index (κ2) is 4.19. The first kappa shape index (κ1) is 13.9. The molecular formula is C8H20NOPS2. The monoisotopic (exact) mass is 241 g/mol. The van der Waals surface area contributed by atoms with E-state index >= 15 is 0 Å². The van der Waals surface area contributed by atoms with Crippen LogP contribution in [0.15, 0.2) is 0 Å². The third-order valence-corrected chi connectivity index (χ3v) is 6.23. The Kier molecular flexibility index (Phi) is 4.49. The van der Waals surface area contributed by atoms with Crippen molar-refractivity contribution in [3.05, 3.63) is 0 Å². The molecule has 1 atom stereocenters. The standard InChI is InChI=1S/C8H20NOPS2/c1-7(2,3)9-11(10,12)13-8(4,5)6/h1-6H3,(H2,9,10,12). The molecule has 0 aromatic carbocycles. The van der Waals surface area contributed by atoms with Crippen LogP contribution in [0.2, 0.25) is 0 Å². The Labute approximate surface area is 90.8 Å². The highest BCUT2D eigenvalue weighted by atomic mass is 32.9. The minimum Gasteiger partial charge on any atom is -0.346 e. The first-order chi connectivity index (χ1) is 5.41. The van der Waals surface area contributed by atoms with Gasteiger partial charge in [0, 0.05) is 10.3 Å². The van der Waals surface area contributed by atoms with E-state index in [0.717, 1.165) is 0 Å². The lowest BCUT2D eigenvalue weighted by molar-refractivity contribution is 0.499. The van der Waals surface area contributed by atoms with Gasteiger partial charge in [-0.15, -0.1) is 0 Å². The summed E-state index contributed by atoms with van der Waals surface area (Å²) in [6.45, 7) is 12.2. The van der Waals surface area contributed by atoms with Crippen LogP contribution in [0.5, 0.6) is 0 Å². The molecule has 80 valence electrons. The van der Waals surface area contributed by atoms with E-state index in [4.69, 9.17) is 11.8 Å². The Bertz CT molecular complexity index is 197. The molecule has 0 aliphatic heterocycles. The van der Waals surface area contributed by atoms with Crippen LogP contribution in [0.3, 0.4) is 0 Å². The fourth-order valence-corrected chi connectivity index (χ4v) is 8.47. The molecule has 0 spiro atoms. The van der Waals surface area contributed by atoms with Crippen LogP contribution in [0, 0.1) is 0 Å². The van der Waals surface area contributed by atoms with Gasteiger partial charge in [0.1, 0.15) is 0 Å². The van der Waals surface area contributed by atoms with Gasteiger partial charge < -0.3 is 4.89 Å². The highest BCUT2D eigenvalue weighted by Gasteiger charge is 2.27. The van der Waals surface area contributed by atoms with Crippen LogP contribution in [0.4, 0.5) is 0 Å². The Hall–Kier alpha value is 0.920. The Morgan fingerprint density at radius 3 is 1.77 bits per heavy atom. The molecule has 0 radical (unpaired) electrons. The van der Waals surface area contributed by atoms with Crippen molar-refractivity contribution in [3.63, 3.8) is 0 Å². The minimum atomic E-state index is -2.44. The maximum atomic E-state index is 9.96. The Morgan fingerprint density at radius 1 is 1.15 bits per heavy atom. The van der Waals surface area contributed by atoms with Gasteiger partial charge in [0.15, 0.2) is 5.62 Å². The van der Waals surface area contributed by atoms with Crippen molar-refractivity contribution in [1.82, 2.24) is 5.09 Å².